The molecule has 2 aliphatic rings. The van der Waals surface area contributed by atoms with Crippen molar-refractivity contribution in [3.63, 3.8) is 0 Å². The lowest BCUT2D eigenvalue weighted by molar-refractivity contribution is -0.136. The summed E-state index contributed by atoms with van der Waals surface area (Å²) in [6.07, 6.45) is 0.512. The molecule has 0 radical (unpaired) electrons. The van der Waals surface area contributed by atoms with E-state index in [1.807, 2.05) is 0 Å². The van der Waals surface area contributed by atoms with Crippen LogP contribution in [0.2, 0.25) is 0 Å². The van der Waals surface area contributed by atoms with Crippen LogP contribution in [0.15, 0.2) is 22.9 Å². The lowest BCUT2D eigenvalue weighted by Crippen LogP contribution is -2.52. The molecule has 10 heteroatoms. The molecule has 28 heavy (non-hydrogen) atoms. The van der Waals surface area contributed by atoms with Crippen LogP contribution < -0.4 is 10.6 Å². The van der Waals surface area contributed by atoms with Gasteiger partial charge in [-0.05, 0) is 53.0 Å². The van der Waals surface area contributed by atoms with Gasteiger partial charge in [0.2, 0.25) is 11.8 Å². The van der Waals surface area contributed by atoms with Crippen molar-refractivity contribution in [1.29, 1.82) is 0 Å². The van der Waals surface area contributed by atoms with Crippen molar-refractivity contribution in [2.24, 2.45) is 0 Å². The minimum atomic E-state index is -0.667. The van der Waals surface area contributed by atoms with E-state index in [1.165, 1.54) is 4.90 Å². The van der Waals surface area contributed by atoms with E-state index in [-0.39, 0.29) is 36.4 Å². The molecule has 1 aromatic carbocycles. The molecule has 0 saturated carbocycles. The quantitative estimate of drug-likeness (QED) is 0.617. The number of nitrogens with zero attached hydrogens (tertiary/aromatic N) is 2. The average molecular weight is 446 g/mol. The number of anilines is 1. The summed E-state index contributed by atoms with van der Waals surface area (Å²) in [6, 6.07) is 4.32. The van der Waals surface area contributed by atoms with E-state index in [0.29, 0.717) is 33.7 Å². The largest absolute Gasteiger partial charge is 0.336 e. The zero-order chi connectivity index (χ0) is 20.0. The predicted molar refractivity (Wildman–Crippen MR) is 101 cm³/mol. The zero-order valence-corrected chi connectivity index (χ0v) is 16.4. The fourth-order valence-electron chi connectivity index (χ4n) is 3.49. The van der Waals surface area contributed by atoms with Crippen LogP contribution in [0, 0.1) is 6.92 Å². The number of imide groups is 1. The third kappa shape index (κ3) is 3.19. The molecule has 0 spiro atoms. The highest BCUT2D eigenvalue weighted by atomic mass is 79.9. The Morgan fingerprint density at radius 3 is 2.79 bits per heavy atom. The Kier molecular flexibility index (Phi) is 4.50. The number of H-pyrrole nitrogens is 1. The standard InChI is InChI=1S/C18H16BrN5O4/c1-8-14(23-18(19)20-8)16(27)21-10-2-3-11-9(6-10)7-24(17(11)28)12-4-5-13(25)22-15(12)26/h2-3,6,12H,4-5,7H2,1H3,(H,20,23)(H,21,27)(H,22,25,26). The third-order valence-electron chi connectivity index (χ3n) is 4.85. The molecule has 1 saturated heterocycles. The van der Waals surface area contributed by atoms with E-state index in [0.717, 1.165) is 0 Å². The number of benzene rings is 1. The Morgan fingerprint density at radius 2 is 2.11 bits per heavy atom. The van der Waals surface area contributed by atoms with Crippen LogP contribution in [0.25, 0.3) is 0 Å². The highest BCUT2D eigenvalue weighted by Crippen LogP contribution is 2.29. The summed E-state index contributed by atoms with van der Waals surface area (Å²) in [4.78, 5) is 57.0. The maximum Gasteiger partial charge on any atom is 0.276 e. The van der Waals surface area contributed by atoms with Crippen LogP contribution in [0.4, 0.5) is 5.69 Å². The number of carbonyl (C=O) groups is 4. The van der Waals surface area contributed by atoms with E-state index < -0.39 is 11.9 Å². The number of amides is 4. The topological polar surface area (TPSA) is 124 Å². The Morgan fingerprint density at radius 1 is 1.32 bits per heavy atom. The summed E-state index contributed by atoms with van der Waals surface area (Å²) in [5.41, 5.74) is 2.63. The molecule has 144 valence electrons. The highest BCUT2D eigenvalue weighted by molar-refractivity contribution is 9.10. The molecule has 4 amide bonds. The summed E-state index contributed by atoms with van der Waals surface area (Å²) in [5, 5.41) is 5.04. The van der Waals surface area contributed by atoms with Crippen molar-refractivity contribution < 1.29 is 19.2 Å². The molecular formula is C18H16BrN5O4. The number of fused-ring (bicyclic) bond motifs is 1. The second kappa shape index (κ2) is 6.86. The van der Waals surface area contributed by atoms with Gasteiger partial charge in [-0.3, -0.25) is 24.5 Å². The number of aromatic nitrogens is 2. The summed E-state index contributed by atoms with van der Waals surface area (Å²) in [7, 11) is 0. The summed E-state index contributed by atoms with van der Waals surface area (Å²) in [5.74, 6) is -1.40. The molecule has 2 aliphatic heterocycles. The van der Waals surface area contributed by atoms with Crippen molar-refractivity contribution in [1.82, 2.24) is 20.2 Å². The number of imidazole rings is 1. The fraction of sp³-hybridized carbons (Fsp3) is 0.278. The van der Waals surface area contributed by atoms with E-state index in [1.54, 1.807) is 25.1 Å². The van der Waals surface area contributed by atoms with Gasteiger partial charge in [-0.15, -0.1) is 0 Å². The second-order valence-corrected chi connectivity index (χ2v) is 7.48. The fourth-order valence-corrected chi connectivity index (χ4v) is 3.96. The van der Waals surface area contributed by atoms with Crippen LogP contribution >= 0.6 is 15.9 Å². The number of piperidine rings is 1. The zero-order valence-electron chi connectivity index (χ0n) is 14.8. The minimum Gasteiger partial charge on any atom is -0.336 e. The maximum atomic E-state index is 12.7. The van der Waals surface area contributed by atoms with Gasteiger partial charge in [0.25, 0.3) is 11.8 Å². The first-order valence-corrected chi connectivity index (χ1v) is 9.44. The highest BCUT2D eigenvalue weighted by Gasteiger charge is 2.39. The summed E-state index contributed by atoms with van der Waals surface area (Å²) < 4.78 is 0.467. The number of nitrogens with one attached hydrogen (secondary N) is 3. The van der Waals surface area contributed by atoms with Crippen molar-refractivity contribution in [3.05, 3.63) is 45.4 Å². The smallest absolute Gasteiger partial charge is 0.276 e. The average Bonchev–Trinajstić information content (AvgIpc) is 3.14. The predicted octanol–water partition coefficient (Wildman–Crippen LogP) is 1.49. The Labute approximate surface area is 168 Å². The van der Waals surface area contributed by atoms with Gasteiger partial charge in [0.05, 0.1) is 0 Å². The van der Waals surface area contributed by atoms with Crippen LogP contribution in [0.5, 0.6) is 0 Å². The van der Waals surface area contributed by atoms with E-state index >= 15 is 0 Å². The van der Waals surface area contributed by atoms with Crippen molar-refractivity contribution >= 4 is 45.2 Å². The van der Waals surface area contributed by atoms with Crippen LogP contribution in [0.1, 0.15) is 44.9 Å². The molecule has 1 unspecified atom stereocenters. The minimum absolute atomic E-state index is 0.205. The maximum absolute atomic E-state index is 12.7. The van der Waals surface area contributed by atoms with E-state index in [4.69, 9.17) is 0 Å². The lowest BCUT2D eigenvalue weighted by atomic mass is 10.0. The number of aromatic amines is 1. The molecule has 4 rings (SSSR count). The van der Waals surface area contributed by atoms with E-state index in [9.17, 15) is 19.2 Å². The van der Waals surface area contributed by atoms with Crippen molar-refractivity contribution in [2.45, 2.75) is 32.4 Å². The molecule has 0 bridgehead atoms. The molecule has 0 aliphatic carbocycles. The number of halogens is 1. The summed E-state index contributed by atoms with van der Waals surface area (Å²) >= 11 is 3.19. The first-order valence-electron chi connectivity index (χ1n) is 8.64. The van der Waals surface area contributed by atoms with Gasteiger partial charge in [-0.25, -0.2) is 4.98 Å². The second-order valence-electron chi connectivity index (χ2n) is 6.73. The molecule has 3 N–H and O–H groups in total. The van der Waals surface area contributed by atoms with Crippen molar-refractivity contribution in [3.8, 4) is 0 Å². The SMILES string of the molecule is Cc1[nH]c(Br)nc1C(=O)Nc1ccc2c(c1)CN(C1CCC(=O)NC1=O)C2=O. The normalized spacial score (nSPS) is 18.9. The molecule has 1 aromatic heterocycles. The van der Waals surface area contributed by atoms with Gasteiger partial charge in [-0.1, -0.05) is 0 Å². The van der Waals surface area contributed by atoms with Gasteiger partial charge in [0, 0.05) is 29.9 Å². The van der Waals surface area contributed by atoms with Crippen LogP contribution in [-0.4, -0.2) is 44.5 Å². The molecule has 2 aromatic rings. The molecule has 1 atom stereocenters. The third-order valence-corrected chi connectivity index (χ3v) is 5.23. The summed E-state index contributed by atoms with van der Waals surface area (Å²) in [6.45, 7) is 1.99. The van der Waals surface area contributed by atoms with E-state index in [2.05, 4.69) is 36.5 Å². The van der Waals surface area contributed by atoms with Gasteiger partial charge in [-0.2, -0.15) is 0 Å². The lowest BCUT2D eigenvalue weighted by Gasteiger charge is -2.29. The first kappa shape index (κ1) is 18.4. The Balaban J connectivity index is 1.52. The number of hydrogen-bond acceptors (Lipinski definition) is 5. The number of rotatable bonds is 3. The van der Waals surface area contributed by atoms with Gasteiger partial charge in [0.1, 0.15) is 11.7 Å². The first-order chi connectivity index (χ1) is 13.3. The number of carbonyl (C=O) groups excluding carboxylic acids is 4. The van der Waals surface area contributed by atoms with Gasteiger partial charge < -0.3 is 15.2 Å². The molecular weight excluding hydrogens is 430 g/mol. The van der Waals surface area contributed by atoms with Crippen LogP contribution in [0.3, 0.4) is 0 Å². The molecule has 3 heterocycles. The Hall–Kier alpha value is -3.01. The number of aryl methyl sites for hydroxylation is 1. The van der Waals surface area contributed by atoms with Gasteiger partial charge in [0.15, 0.2) is 4.73 Å². The number of hydrogen-bond donors (Lipinski definition) is 3. The van der Waals surface area contributed by atoms with Crippen LogP contribution in [-0.2, 0) is 16.1 Å². The van der Waals surface area contributed by atoms with Gasteiger partial charge >= 0.3 is 0 Å². The van der Waals surface area contributed by atoms with Crippen molar-refractivity contribution in [2.75, 3.05) is 5.32 Å². The Bertz CT molecular complexity index is 1030. The molecule has 9 nitrogen and oxygen atoms in total. The molecule has 1 fully saturated rings. The monoisotopic (exact) mass is 445 g/mol.